The molecule has 0 saturated carbocycles. The van der Waals surface area contributed by atoms with Crippen LogP contribution in [0.25, 0.3) is 0 Å². The Morgan fingerprint density at radius 3 is 2.77 bits per heavy atom. The predicted molar refractivity (Wildman–Crippen MR) is 48.9 cm³/mol. The molecule has 0 bridgehead atoms. The Balaban J connectivity index is 3.72. The number of methoxy groups -OCH3 is 1. The smallest absolute Gasteiger partial charge is 0.309 e. The highest BCUT2D eigenvalue weighted by molar-refractivity contribution is 5.71. The largest absolute Gasteiger partial charge is 0.469 e. The first-order valence-corrected chi connectivity index (χ1v) is 4.25. The monoisotopic (exact) mass is 184 g/mol. The lowest BCUT2D eigenvalue weighted by molar-refractivity contribution is -0.145. The molecule has 0 heterocycles. The first kappa shape index (κ1) is 11.9. The van der Waals surface area contributed by atoms with Crippen molar-refractivity contribution in [2.24, 2.45) is 5.92 Å². The average molecular weight is 184 g/mol. The maximum Gasteiger partial charge on any atom is 0.309 e. The number of rotatable bonds is 5. The van der Waals surface area contributed by atoms with Crippen LogP contribution >= 0.6 is 0 Å². The van der Waals surface area contributed by atoms with Crippen LogP contribution in [0, 0.1) is 17.2 Å². The molecule has 0 spiro atoms. The highest BCUT2D eigenvalue weighted by atomic mass is 16.5. The molecule has 0 aromatic carbocycles. The molecular weight excluding hydrogens is 168 g/mol. The molecule has 0 aliphatic heterocycles. The van der Waals surface area contributed by atoms with Crippen LogP contribution in [-0.4, -0.2) is 38.1 Å². The summed E-state index contributed by atoms with van der Waals surface area (Å²) in [6.45, 7) is 3.14. The summed E-state index contributed by atoms with van der Waals surface area (Å²) < 4.78 is 4.59. The van der Waals surface area contributed by atoms with Crippen molar-refractivity contribution in [2.75, 3.05) is 27.2 Å². The van der Waals surface area contributed by atoms with Gasteiger partial charge in [-0.1, -0.05) is 6.92 Å². The molecule has 0 aliphatic rings. The van der Waals surface area contributed by atoms with Crippen LogP contribution in [0.5, 0.6) is 0 Å². The summed E-state index contributed by atoms with van der Waals surface area (Å²) in [7, 11) is 3.27. The number of carbonyl (C=O) groups is 1. The Morgan fingerprint density at radius 1 is 1.69 bits per heavy atom. The fraction of sp³-hybridized carbons (Fsp3) is 0.778. The summed E-state index contributed by atoms with van der Waals surface area (Å²) in [6, 6.07) is 2.06. The quantitative estimate of drug-likeness (QED) is 0.588. The van der Waals surface area contributed by atoms with Gasteiger partial charge in [0.25, 0.3) is 0 Å². The predicted octanol–water partition coefficient (Wildman–Crippen LogP) is 0.641. The third-order valence-corrected chi connectivity index (χ3v) is 1.79. The normalized spacial score (nSPS) is 12.2. The van der Waals surface area contributed by atoms with Crippen LogP contribution in [0.2, 0.25) is 0 Å². The van der Waals surface area contributed by atoms with Gasteiger partial charge in [-0.05, 0) is 7.05 Å². The van der Waals surface area contributed by atoms with E-state index in [0.29, 0.717) is 19.5 Å². The van der Waals surface area contributed by atoms with Gasteiger partial charge in [0, 0.05) is 19.5 Å². The van der Waals surface area contributed by atoms with Gasteiger partial charge < -0.3 is 9.64 Å². The molecule has 0 saturated heterocycles. The van der Waals surface area contributed by atoms with Crippen molar-refractivity contribution in [1.82, 2.24) is 4.90 Å². The van der Waals surface area contributed by atoms with E-state index < -0.39 is 0 Å². The zero-order valence-electron chi connectivity index (χ0n) is 8.41. The van der Waals surface area contributed by atoms with Crippen molar-refractivity contribution in [3.8, 4) is 6.07 Å². The standard InChI is InChI=1S/C9H16N2O2/c1-8(9(12)13-3)7-11(2)6-4-5-10/h8H,4,6-7H2,1-3H3. The SMILES string of the molecule is COC(=O)C(C)CN(C)CCC#N. The number of hydrogen-bond acceptors (Lipinski definition) is 4. The average Bonchev–Trinajstić information content (AvgIpc) is 2.13. The fourth-order valence-electron chi connectivity index (χ4n) is 1.08. The molecule has 0 rings (SSSR count). The number of hydrogen-bond donors (Lipinski definition) is 0. The molecule has 0 aromatic heterocycles. The molecule has 0 aliphatic carbocycles. The van der Waals surface area contributed by atoms with Gasteiger partial charge in [-0.15, -0.1) is 0 Å². The van der Waals surface area contributed by atoms with E-state index in [4.69, 9.17) is 5.26 Å². The fourth-order valence-corrected chi connectivity index (χ4v) is 1.08. The van der Waals surface area contributed by atoms with Crippen molar-refractivity contribution in [3.05, 3.63) is 0 Å². The Bertz CT molecular complexity index is 198. The highest BCUT2D eigenvalue weighted by Crippen LogP contribution is 2.00. The molecule has 0 amide bonds. The third kappa shape index (κ3) is 5.21. The summed E-state index contributed by atoms with van der Waals surface area (Å²) in [4.78, 5) is 13.0. The second-order valence-electron chi connectivity index (χ2n) is 3.09. The Hall–Kier alpha value is -1.08. The summed E-state index contributed by atoms with van der Waals surface area (Å²) in [5, 5.41) is 8.34. The molecule has 4 heteroatoms. The molecule has 13 heavy (non-hydrogen) atoms. The van der Waals surface area contributed by atoms with Gasteiger partial charge >= 0.3 is 5.97 Å². The first-order valence-electron chi connectivity index (χ1n) is 4.25. The van der Waals surface area contributed by atoms with Crippen LogP contribution in [0.3, 0.4) is 0 Å². The van der Waals surface area contributed by atoms with Gasteiger partial charge in [-0.2, -0.15) is 5.26 Å². The van der Waals surface area contributed by atoms with Crippen LogP contribution in [0.1, 0.15) is 13.3 Å². The second kappa shape index (κ2) is 6.44. The maximum absolute atomic E-state index is 11.0. The van der Waals surface area contributed by atoms with Crippen molar-refractivity contribution < 1.29 is 9.53 Å². The zero-order valence-corrected chi connectivity index (χ0v) is 8.41. The van der Waals surface area contributed by atoms with Gasteiger partial charge in [-0.3, -0.25) is 4.79 Å². The number of carbonyl (C=O) groups excluding carboxylic acids is 1. The Kier molecular flexibility index (Phi) is 5.90. The van der Waals surface area contributed by atoms with E-state index in [1.165, 1.54) is 7.11 Å². The van der Waals surface area contributed by atoms with Gasteiger partial charge in [-0.25, -0.2) is 0 Å². The minimum absolute atomic E-state index is 0.131. The lowest BCUT2D eigenvalue weighted by Crippen LogP contribution is -2.29. The van der Waals surface area contributed by atoms with E-state index in [0.717, 1.165) is 0 Å². The molecule has 4 nitrogen and oxygen atoms in total. The van der Waals surface area contributed by atoms with Gasteiger partial charge in [0.2, 0.25) is 0 Å². The Labute approximate surface area is 79.1 Å². The molecule has 74 valence electrons. The molecule has 0 fully saturated rings. The number of ether oxygens (including phenoxy) is 1. The highest BCUT2D eigenvalue weighted by Gasteiger charge is 2.14. The lowest BCUT2D eigenvalue weighted by Gasteiger charge is -2.18. The number of nitriles is 1. The van der Waals surface area contributed by atoms with Gasteiger partial charge in [0.1, 0.15) is 0 Å². The van der Waals surface area contributed by atoms with E-state index in [9.17, 15) is 4.79 Å². The first-order chi connectivity index (χ1) is 6.11. The molecule has 0 radical (unpaired) electrons. The molecule has 1 unspecified atom stereocenters. The molecule has 0 aromatic rings. The summed E-state index contributed by atoms with van der Waals surface area (Å²) in [6.07, 6.45) is 0.490. The topological polar surface area (TPSA) is 53.3 Å². The van der Waals surface area contributed by atoms with Crippen LogP contribution < -0.4 is 0 Å². The van der Waals surface area contributed by atoms with Crippen molar-refractivity contribution in [2.45, 2.75) is 13.3 Å². The summed E-state index contributed by atoms with van der Waals surface area (Å²) in [5.74, 6) is -0.336. The maximum atomic E-state index is 11.0. The van der Waals surface area contributed by atoms with E-state index >= 15 is 0 Å². The van der Waals surface area contributed by atoms with E-state index in [2.05, 4.69) is 10.8 Å². The lowest BCUT2D eigenvalue weighted by atomic mass is 10.2. The van der Waals surface area contributed by atoms with Crippen molar-refractivity contribution in [1.29, 1.82) is 5.26 Å². The van der Waals surface area contributed by atoms with Crippen molar-refractivity contribution >= 4 is 5.97 Å². The third-order valence-electron chi connectivity index (χ3n) is 1.79. The van der Waals surface area contributed by atoms with E-state index in [-0.39, 0.29) is 11.9 Å². The zero-order chi connectivity index (χ0) is 10.3. The Morgan fingerprint density at radius 2 is 2.31 bits per heavy atom. The number of esters is 1. The minimum atomic E-state index is -0.205. The van der Waals surface area contributed by atoms with Crippen LogP contribution in [0.4, 0.5) is 0 Å². The van der Waals surface area contributed by atoms with E-state index in [1.807, 2.05) is 18.9 Å². The molecular formula is C9H16N2O2. The molecule has 1 atom stereocenters. The second-order valence-corrected chi connectivity index (χ2v) is 3.09. The summed E-state index contributed by atoms with van der Waals surface area (Å²) >= 11 is 0. The molecule has 0 N–H and O–H groups in total. The van der Waals surface area contributed by atoms with Gasteiger partial charge in [0.15, 0.2) is 0 Å². The number of nitrogens with zero attached hydrogens (tertiary/aromatic N) is 2. The van der Waals surface area contributed by atoms with Crippen LogP contribution in [0.15, 0.2) is 0 Å². The summed E-state index contributed by atoms with van der Waals surface area (Å²) in [5.41, 5.74) is 0. The van der Waals surface area contributed by atoms with Crippen molar-refractivity contribution in [3.63, 3.8) is 0 Å². The van der Waals surface area contributed by atoms with Gasteiger partial charge in [0.05, 0.1) is 19.1 Å². The minimum Gasteiger partial charge on any atom is -0.469 e. The van der Waals surface area contributed by atoms with E-state index in [1.54, 1.807) is 0 Å². The van der Waals surface area contributed by atoms with Crippen LogP contribution in [-0.2, 0) is 9.53 Å².